The standard InChI is InChI=1S/C14H20N4O/c1-11(2)18(9-5-7-15)12-6-8-16-13(10-12)14(19)17(3)4/h6,8,10-11H,5,9H2,1-4H3. The number of carbonyl (C=O) groups is 1. The zero-order valence-electron chi connectivity index (χ0n) is 11.9. The van der Waals surface area contributed by atoms with Crippen molar-refractivity contribution in [3.05, 3.63) is 24.0 Å². The highest BCUT2D eigenvalue weighted by Crippen LogP contribution is 2.18. The van der Waals surface area contributed by atoms with E-state index in [2.05, 4.69) is 29.8 Å². The Bertz CT molecular complexity index is 477. The van der Waals surface area contributed by atoms with Crippen LogP contribution < -0.4 is 4.90 Å². The lowest BCUT2D eigenvalue weighted by atomic mass is 10.2. The summed E-state index contributed by atoms with van der Waals surface area (Å²) in [6, 6.07) is 6.05. The Morgan fingerprint density at radius 3 is 2.68 bits per heavy atom. The van der Waals surface area contributed by atoms with Gasteiger partial charge in [0.25, 0.3) is 5.91 Å². The number of pyridine rings is 1. The van der Waals surface area contributed by atoms with Gasteiger partial charge in [-0.15, -0.1) is 0 Å². The summed E-state index contributed by atoms with van der Waals surface area (Å²) >= 11 is 0. The van der Waals surface area contributed by atoms with Crippen molar-refractivity contribution in [2.75, 3.05) is 25.5 Å². The number of anilines is 1. The van der Waals surface area contributed by atoms with Gasteiger partial charge in [-0.1, -0.05) is 0 Å². The van der Waals surface area contributed by atoms with Gasteiger partial charge in [0.2, 0.25) is 0 Å². The Kier molecular flexibility index (Phi) is 5.31. The minimum absolute atomic E-state index is 0.120. The van der Waals surface area contributed by atoms with Crippen LogP contribution in [0.1, 0.15) is 30.8 Å². The van der Waals surface area contributed by atoms with Crippen molar-refractivity contribution in [3.8, 4) is 6.07 Å². The first-order chi connectivity index (χ1) is 8.97. The Morgan fingerprint density at radius 1 is 1.47 bits per heavy atom. The highest BCUT2D eigenvalue weighted by molar-refractivity contribution is 5.92. The summed E-state index contributed by atoms with van der Waals surface area (Å²) in [5.41, 5.74) is 1.34. The lowest BCUT2D eigenvalue weighted by Crippen LogP contribution is -2.32. The van der Waals surface area contributed by atoms with Gasteiger partial charge >= 0.3 is 0 Å². The maximum absolute atomic E-state index is 11.9. The Balaban J connectivity index is 3.02. The molecule has 0 spiro atoms. The second-order valence-corrected chi connectivity index (χ2v) is 4.79. The van der Waals surface area contributed by atoms with Gasteiger partial charge in [0.05, 0.1) is 12.5 Å². The van der Waals surface area contributed by atoms with Crippen LogP contribution in [0.15, 0.2) is 18.3 Å². The molecule has 1 aromatic rings. The molecule has 0 N–H and O–H groups in total. The second kappa shape index (κ2) is 6.74. The Morgan fingerprint density at radius 2 is 2.16 bits per heavy atom. The number of hydrogen-bond acceptors (Lipinski definition) is 4. The number of rotatable bonds is 5. The molecule has 1 aromatic heterocycles. The van der Waals surface area contributed by atoms with Gasteiger partial charge in [0.1, 0.15) is 5.69 Å². The Hall–Kier alpha value is -2.09. The molecule has 0 atom stereocenters. The van der Waals surface area contributed by atoms with E-state index >= 15 is 0 Å². The molecule has 0 radical (unpaired) electrons. The third-order valence-corrected chi connectivity index (χ3v) is 2.79. The molecule has 0 aromatic carbocycles. The normalized spacial score (nSPS) is 10.1. The number of nitrogens with zero attached hydrogens (tertiary/aromatic N) is 4. The van der Waals surface area contributed by atoms with Crippen molar-refractivity contribution >= 4 is 11.6 Å². The van der Waals surface area contributed by atoms with Crippen LogP contribution in [0.3, 0.4) is 0 Å². The van der Waals surface area contributed by atoms with Crippen LogP contribution in [0.25, 0.3) is 0 Å². The van der Waals surface area contributed by atoms with Gasteiger partial charge in [0.15, 0.2) is 0 Å². The fraction of sp³-hybridized carbons (Fsp3) is 0.500. The predicted octanol–water partition coefficient (Wildman–Crippen LogP) is 1.91. The summed E-state index contributed by atoms with van der Waals surface area (Å²) in [7, 11) is 3.40. The van der Waals surface area contributed by atoms with Gasteiger partial charge < -0.3 is 9.80 Å². The first kappa shape index (κ1) is 15.0. The average Bonchev–Trinajstić information content (AvgIpc) is 2.38. The molecule has 5 nitrogen and oxygen atoms in total. The van der Waals surface area contributed by atoms with Crippen LogP contribution in [-0.2, 0) is 0 Å². The first-order valence-corrected chi connectivity index (χ1v) is 6.28. The molecule has 0 saturated carbocycles. The zero-order chi connectivity index (χ0) is 14.4. The summed E-state index contributed by atoms with van der Waals surface area (Å²) < 4.78 is 0. The van der Waals surface area contributed by atoms with Crippen LogP contribution in [0.5, 0.6) is 0 Å². The molecule has 0 fully saturated rings. The highest BCUT2D eigenvalue weighted by atomic mass is 16.2. The van der Waals surface area contributed by atoms with Gasteiger partial charge in [-0.2, -0.15) is 5.26 Å². The van der Waals surface area contributed by atoms with Crippen molar-refractivity contribution in [2.45, 2.75) is 26.3 Å². The minimum Gasteiger partial charge on any atom is -0.368 e. The zero-order valence-corrected chi connectivity index (χ0v) is 11.9. The van der Waals surface area contributed by atoms with Crippen molar-refractivity contribution < 1.29 is 4.79 Å². The van der Waals surface area contributed by atoms with E-state index < -0.39 is 0 Å². The lowest BCUT2D eigenvalue weighted by molar-refractivity contribution is 0.0822. The van der Waals surface area contributed by atoms with Gasteiger partial charge in [-0.25, -0.2) is 0 Å². The topological polar surface area (TPSA) is 60.2 Å². The van der Waals surface area contributed by atoms with E-state index in [0.29, 0.717) is 18.7 Å². The van der Waals surface area contributed by atoms with Crippen molar-refractivity contribution in [1.29, 1.82) is 5.26 Å². The number of carbonyl (C=O) groups excluding carboxylic acids is 1. The largest absolute Gasteiger partial charge is 0.368 e. The Labute approximate surface area is 114 Å². The van der Waals surface area contributed by atoms with Crippen LogP contribution in [0, 0.1) is 11.3 Å². The first-order valence-electron chi connectivity index (χ1n) is 6.28. The van der Waals surface area contributed by atoms with Crippen LogP contribution in [0.4, 0.5) is 5.69 Å². The molecule has 1 rings (SSSR count). The van der Waals surface area contributed by atoms with Crippen LogP contribution >= 0.6 is 0 Å². The van der Waals surface area contributed by atoms with Gasteiger partial charge in [-0.3, -0.25) is 9.78 Å². The SMILES string of the molecule is CC(C)N(CCC#N)c1ccnc(C(=O)N(C)C)c1. The molecule has 0 bridgehead atoms. The number of amides is 1. The van der Waals surface area contributed by atoms with E-state index in [0.717, 1.165) is 5.69 Å². The van der Waals surface area contributed by atoms with Gasteiger partial charge in [-0.05, 0) is 26.0 Å². The van der Waals surface area contributed by atoms with Crippen molar-refractivity contribution in [1.82, 2.24) is 9.88 Å². The van der Waals surface area contributed by atoms with E-state index in [9.17, 15) is 4.79 Å². The number of aromatic nitrogens is 1. The molecule has 19 heavy (non-hydrogen) atoms. The number of hydrogen-bond donors (Lipinski definition) is 0. The monoisotopic (exact) mass is 260 g/mol. The molecule has 1 heterocycles. The second-order valence-electron chi connectivity index (χ2n) is 4.79. The highest BCUT2D eigenvalue weighted by Gasteiger charge is 2.14. The smallest absolute Gasteiger partial charge is 0.272 e. The van der Waals surface area contributed by atoms with Crippen LogP contribution in [-0.4, -0.2) is 42.5 Å². The number of nitriles is 1. The van der Waals surface area contributed by atoms with E-state index in [1.54, 1.807) is 26.4 Å². The third-order valence-electron chi connectivity index (χ3n) is 2.79. The minimum atomic E-state index is -0.120. The van der Waals surface area contributed by atoms with Gasteiger partial charge in [0, 0.05) is 38.6 Å². The molecular formula is C14H20N4O. The molecule has 0 aliphatic rings. The van der Waals surface area contributed by atoms with Crippen LogP contribution in [0.2, 0.25) is 0 Å². The quantitative estimate of drug-likeness (QED) is 0.811. The summed E-state index contributed by atoms with van der Waals surface area (Å²) in [5, 5.41) is 8.71. The maximum Gasteiger partial charge on any atom is 0.272 e. The molecule has 1 amide bonds. The molecule has 5 heteroatoms. The van der Waals surface area contributed by atoms with E-state index in [-0.39, 0.29) is 11.9 Å². The van der Waals surface area contributed by atoms with E-state index in [1.165, 1.54) is 4.90 Å². The maximum atomic E-state index is 11.9. The predicted molar refractivity (Wildman–Crippen MR) is 75.0 cm³/mol. The average molecular weight is 260 g/mol. The molecule has 102 valence electrons. The summed E-state index contributed by atoms with van der Waals surface area (Å²) in [6.45, 7) is 4.77. The molecule has 0 aliphatic carbocycles. The summed E-state index contributed by atoms with van der Waals surface area (Å²) in [4.78, 5) is 19.6. The fourth-order valence-corrected chi connectivity index (χ4v) is 1.80. The molecule has 0 saturated heterocycles. The lowest BCUT2D eigenvalue weighted by Gasteiger charge is -2.28. The summed E-state index contributed by atoms with van der Waals surface area (Å²) in [5.74, 6) is -0.120. The molecular weight excluding hydrogens is 240 g/mol. The third kappa shape index (κ3) is 3.95. The van der Waals surface area contributed by atoms with Crippen molar-refractivity contribution in [2.24, 2.45) is 0 Å². The molecule has 0 aliphatic heterocycles. The summed E-state index contributed by atoms with van der Waals surface area (Å²) in [6.07, 6.45) is 2.09. The van der Waals surface area contributed by atoms with E-state index in [1.807, 2.05) is 6.07 Å². The fourth-order valence-electron chi connectivity index (χ4n) is 1.80. The van der Waals surface area contributed by atoms with E-state index in [4.69, 9.17) is 5.26 Å². The van der Waals surface area contributed by atoms with Crippen molar-refractivity contribution in [3.63, 3.8) is 0 Å². The molecule has 0 unspecified atom stereocenters.